The number of hydrogen-bond acceptors (Lipinski definition) is 4. The van der Waals surface area contributed by atoms with E-state index in [-0.39, 0.29) is 6.10 Å². The lowest BCUT2D eigenvalue weighted by atomic mass is 10.1. The van der Waals surface area contributed by atoms with E-state index in [1.807, 2.05) is 19.9 Å². The van der Waals surface area contributed by atoms with Crippen molar-refractivity contribution in [3.63, 3.8) is 0 Å². The van der Waals surface area contributed by atoms with Gasteiger partial charge in [0.25, 0.3) is 0 Å². The average molecular weight is 311 g/mol. The molecule has 2 heterocycles. The SMILES string of the molecule is Cc1cc(C)nc(N2CCC(Oc3c(C)cccc3C)CC2)n1. The van der Waals surface area contributed by atoms with Crippen LogP contribution < -0.4 is 9.64 Å². The summed E-state index contributed by atoms with van der Waals surface area (Å²) in [7, 11) is 0. The molecule has 0 aliphatic carbocycles. The van der Waals surface area contributed by atoms with E-state index >= 15 is 0 Å². The Morgan fingerprint density at radius 3 is 2.09 bits per heavy atom. The van der Waals surface area contributed by atoms with Crippen LogP contribution in [0.15, 0.2) is 24.3 Å². The van der Waals surface area contributed by atoms with Gasteiger partial charge in [-0.1, -0.05) is 18.2 Å². The molecule has 4 heteroatoms. The highest BCUT2D eigenvalue weighted by molar-refractivity contribution is 5.40. The Labute approximate surface area is 138 Å². The molecule has 0 saturated carbocycles. The lowest BCUT2D eigenvalue weighted by molar-refractivity contribution is 0.168. The first kappa shape index (κ1) is 15.8. The zero-order chi connectivity index (χ0) is 16.4. The van der Waals surface area contributed by atoms with Crippen molar-refractivity contribution < 1.29 is 4.74 Å². The Hall–Kier alpha value is -2.10. The van der Waals surface area contributed by atoms with Gasteiger partial charge in [0.1, 0.15) is 11.9 Å². The van der Waals surface area contributed by atoms with Gasteiger partial charge in [0.05, 0.1) is 0 Å². The summed E-state index contributed by atoms with van der Waals surface area (Å²) < 4.78 is 6.28. The monoisotopic (exact) mass is 311 g/mol. The van der Waals surface area contributed by atoms with Gasteiger partial charge >= 0.3 is 0 Å². The molecule has 122 valence electrons. The summed E-state index contributed by atoms with van der Waals surface area (Å²) in [6.07, 6.45) is 2.28. The molecular formula is C19H25N3O. The second kappa shape index (κ2) is 6.57. The predicted molar refractivity (Wildman–Crippen MR) is 93.3 cm³/mol. The van der Waals surface area contributed by atoms with Crippen molar-refractivity contribution in [2.75, 3.05) is 18.0 Å². The molecule has 0 spiro atoms. The number of aromatic nitrogens is 2. The van der Waals surface area contributed by atoms with Crippen molar-refractivity contribution in [2.24, 2.45) is 0 Å². The number of ether oxygens (including phenoxy) is 1. The normalized spacial score (nSPS) is 15.7. The summed E-state index contributed by atoms with van der Waals surface area (Å²) in [5.41, 5.74) is 4.48. The Balaban J connectivity index is 1.64. The number of benzene rings is 1. The van der Waals surface area contributed by atoms with Gasteiger partial charge in [-0.05, 0) is 44.9 Å². The molecule has 0 N–H and O–H groups in total. The predicted octanol–water partition coefficient (Wildman–Crippen LogP) is 3.76. The first-order chi connectivity index (χ1) is 11.0. The summed E-state index contributed by atoms with van der Waals surface area (Å²) in [4.78, 5) is 11.4. The number of nitrogens with zero attached hydrogens (tertiary/aromatic N) is 3. The summed E-state index contributed by atoms with van der Waals surface area (Å²) in [5.74, 6) is 1.90. The Morgan fingerprint density at radius 1 is 0.957 bits per heavy atom. The maximum atomic E-state index is 6.28. The van der Waals surface area contributed by atoms with Gasteiger partial charge in [-0.25, -0.2) is 9.97 Å². The molecule has 2 aromatic rings. The van der Waals surface area contributed by atoms with Crippen LogP contribution in [0, 0.1) is 27.7 Å². The van der Waals surface area contributed by atoms with E-state index in [9.17, 15) is 0 Å². The molecule has 1 saturated heterocycles. The first-order valence-electron chi connectivity index (χ1n) is 8.33. The quantitative estimate of drug-likeness (QED) is 0.865. The zero-order valence-corrected chi connectivity index (χ0v) is 14.5. The fourth-order valence-electron chi connectivity index (χ4n) is 3.17. The van der Waals surface area contributed by atoms with Gasteiger partial charge in [-0.3, -0.25) is 0 Å². The number of rotatable bonds is 3. The van der Waals surface area contributed by atoms with Gasteiger partial charge in [0.2, 0.25) is 5.95 Å². The van der Waals surface area contributed by atoms with Crippen molar-refractivity contribution in [1.82, 2.24) is 9.97 Å². The van der Waals surface area contributed by atoms with Crippen LogP contribution in [0.4, 0.5) is 5.95 Å². The van der Waals surface area contributed by atoms with Crippen LogP contribution in [-0.2, 0) is 0 Å². The van der Waals surface area contributed by atoms with Crippen molar-refractivity contribution in [3.8, 4) is 5.75 Å². The van der Waals surface area contributed by atoms with E-state index < -0.39 is 0 Å². The molecule has 23 heavy (non-hydrogen) atoms. The van der Waals surface area contributed by atoms with E-state index in [0.717, 1.165) is 49.0 Å². The van der Waals surface area contributed by atoms with Crippen molar-refractivity contribution in [2.45, 2.75) is 46.6 Å². The highest BCUT2D eigenvalue weighted by Gasteiger charge is 2.23. The van der Waals surface area contributed by atoms with Crippen LogP contribution in [-0.4, -0.2) is 29.2 Å². The second-order valence-corrected chi connectivity index (χ2v) is 6.48. The van der Waals surface area contributed by atoms with Crippen LogP contribution in [0.5, 0.6) is 5.75 Å². The molecular weight excluding hydrogens is 286 g/mol. The standard InChI is InChI=1S/C19H25N3O/c1-13-6-5-7-14(2)18(13)23-17-8-10-22(11-9-17)19-20-15(3)12-16(4)21-19/h5-7,12,17H,8-11H2,1-4H3. The van der Waals surface area contributed by atoms with Gasteiger partial charge in [0.15, 0.2) is 0 Å². The van der Waals surface area contributed by atoms with E-state index in [4.69, 9.17) is 4.74 Å². The molecule has 1 aliphatic rings. The van der Waals surface area contributed by atoms with Gasteiger partial charge < -0.3 is 9.64 Å². The molecule has 1 aromatic carbocycles. The smallest absolute Gasteiger partial charge is 0.225 e. The van der Waals surface area contributed by atoms with Crippen LogP contribution >= 0.6 is 0 Å². The lowest BCUT2D eigenvalue weighted by Gasteiger charge is -2.33. The topological polar surface area (TPSA) is 38.2 Å². The van der Waals surface area contributed by atoms with Crippen LogP contribution in [0.3, 0.4) is 0 Å². The number of para-hydroxylation sites is 1. The third-order valence-corrected chi connectivity index (χ3v) is 4.39. The average Bonchev–Trinajstić information content (AvgIpc) is 2.51. The number of anilines is 1. The zero-order valence-electron chi connectivity index (χ0n) is 14.5. The van der Waals surface area contributed by atoms with Gasteiger partial charge in [-0.15, -0.1) is 0 Å². The number of piperidine rings is 1. The number of aryl methyl sites for hydroxylation is 4. The van der Waals surface area contributed by atoms with E-state index in [1.54, 1.807) is 0 Å². The molecule has 1 aliphatic heterocycles. The highest BCUT2D eigenvalue weighted by atomic mass is 16.5. The maximum absolute atomic E-state index is 6.28. The van der Waals surface area contributed by atoms with Crippen LogP contribution in [0.25, 0.3) is 0 Å². The fourth-order valence-corrected chi connectivity index (χ4v) is 3.17. The maximum Gasteiger partial charge on any atom is 0.225 e. The Morgan fingerprint density at radius 2 is 1.52 bits per heavy atom. The summed E-state index contributed by atoms with van der Waals surface area (Å²) in [6.45, 7) is 10.2. The minimum absolute atomic E-state index is 0.275. The molecule has 0 bridgehead atoms. The largest absolute Gasteiger partial charge is 0.490 e. The van der Waals surface area contributed by atoms with Crippen molar-refractivity contribution in [1.29, 1.82) is 0 Å². The van der Waals surface area contributed by atoms with Crippen LogP contribution in [0.1, 0.15) is 35.4 Å². The summed E-state index contributed by atoms with van der Waals surface area (Å²) in [5, 5.41) is 0. The Bertz CT molecular complexity index is 651. The second-order valence-electron chi connectivity index (χ2n) is 6.48. The summed E-state index contributed by atoms with van der Waals surface area (Å²) in [6, 6.07) is 8.32. The van der Waals surface area contributed by atoms with E-state index in [2.05, 4.69) is 46.9 Å². The third-order valence-electron chi connectivity index (χ3n) is 4.39. The molecule has 1 fully saturated rings. The molecule has 0 unspecified atom stereocenters. The van der Waals surface area contributed by atoms with Crippen molar-refractivity contribution >= 4 is 5.95 Å². The molecule has 0 atom stereocenters. The van der Waals surface area contributed by atoms with Gasteiger partial charge in [0, 0.05) is 37.3 Å². The Kier molecular flexibility index (Phi) is 4.51. The van der Waals surface area contributed by atoms with Crippen LogP contribution in [0.2, 0.25) is 0 Å². The minimum atomic E-state index is 0.275. The summed E-state index contributed by atoms with van der Waals surface area (Å²) >= 11 is 0. The number of hydrogen-bond donors (Lipinski definition) is 0. The van der Waals surface area contributed by atoms with Crippen molar-refractivity contribution in [3.05, 3.63) is 46.8 Å². The van der Waals surface area contributed by atoms with E-state index in [1.165, 1.54) is 11.1 Å². The lowest BCUT2D eigenvalue weighted by Crippen LogP contribution is -2.39. The molecule has 0 radical (unpaired) electrons. The fraction of sp³-hybridized carbons (Fsp3) is 0.474. The highest BCUT2D eigenvalue weighted by Crippen LogP contribution is 2.27. The van der Waals surface area contributed by atoms with Gasteiger partial charge in [-0.2, -0.15) is 0 Å². The van der Waals surface area contributed by atoms with E-state index in [0.29, 0.717) is 0 Å². The molecule has 3 rings (SSSR count). The third kappa shape index (κ3) is 3.63. The first-order valence-corrected chi connectivity index (χ1v) is 8.33. The molecule has 0 amide bonds. The molecule has 4 nitrogen and oxygen atoms in total. The molecule has 1 aromatic heterocycles. The minimum Gasteiger partial charge on any atom is -0.490 e.